The first kappa shape index (κ1) is 13.2. The first-order valence-corrected chi connectivity index (χ1v) is 5.92. The first-order chi connectivity index (χ1) is 9.11. The molecule has 1 aliphatic rings. The van der Waals surface area contributed by atoms with E-state index in [1.54, 1.807) is 26.1 Å². The molecule has 1 aromatic carbocycles. The maximum absolute atomic E-state index is 11.7. The molecule has 0 bridgehead atoms. The van der Waals surface area contributed by atoms with Gasteiger partial charge in [-0.2, -0.15) is 0 Å². The van der Waals surface area contributed by atoms with Gasteiger partial charge in [0.2, 0.25) is 6.79 Å². The molecule has 0 saturated carbocycles. The minimum atomic E-state index is -0.842. The van der Waals surface area contributed by atoms with Gasteiger partial charge in [0.25, 0.3) is 0 Å². The molecule has 1 heterocycles. The number of hydrogen-bond donors (Lipinski definition) is 0. The zero-order valence-corrected chi connectivity index (χ0v) is 10.8. The molecule has 0 unspecified atom stereocenters. The lowest BCUT2D eigenvalue weighted by atomic mass is 10.2. The summed E-state index contributed by atoms with van der Waals surface area (Å²) in [6.45, 7) is 2.34. The van der Waals surface area contributed by atoms with Gasteiger partial charge in [-0.1, -0.05) is 6.07 Å². The second-order valence-corrected chi connectivity index (χ2v) is 4.07. The Labute approximate surface area is 110 Å². The van der Waals surface area contributed by atoms with E-state index in [0.717, 1.165) is 5.56 Å². The van der Waals surface area contributed by atoms with Crippen molar-refractivity contribution in [2.75, 3.05) is 20.4 Å². The number of nitrogens with zero attached hydrogens (tertiary/aromatic N) is 1. The first-order valence-electron chi connectivity index (χ1n) is 5.92. The maximum Gasteiger partial charge on any atom is 0.397 e. The topological polar surface area (TPSA) is 65.1 Å². The van der Waals surface area contributed by atoms with Crippen LogP contribution in [0.3, 0.4) is 0 Å². The van der Waals surface area contributed by atoms with E-state index in [1.807, 2.05) is 6.07 Å². The molecule has 0 aromatic heterocycles. The summed E-state index contributed by atoms with van der Waals surface area (Å²) in [5, 5.41) is 0. The van der Waals surface area contributed by atoms with Crippen molar-refractivity contribution < 1.29 is 23.8 Å². The van der Waals surface area contributed by atoms with Gasteiger partial charge in [0, 0.05) is 13.6 Å². The summed E-state index contributed by atoms with van der Waals surface area (Å²) in [5.74, 6) is -0.178. The molecule has 102 valence electrons. The Morgan fingerprint density at radius 2 is 2.05 bits per heavy atom. The van der Waals surface area contributed by atoms with Crippen molar-refractivity contribution in [3.63, 3.8) is 0 Å². The van der Waals surface area contributed by atoms with E-state index in [4.69, 9.17) is 9.47 Å². The highest BCUT2D eigenvalue weighted by Crippen LogP contribution is 2.32. The molecule has 19 heavy (non-hydrogen) atoms. The molecule has 6 nitrogen and oxygen atoms in total. The van der Waals surface area contributed by atoms with Crippen LogP contribution in [0.4, 0.5) is 0 Å². The third-order valence-corrected chi connectivity index (χ3v) is 2.65. The highest BCUT2D eigenvalue weighted by atomic mass is 16.7. The van der Waals surface area contributed by atoms with Crippen molar-refractivity contribution in [2.24, 2.45) is 0 Å². The molecule has 0 saturated heterocycles. The molecule has 6 heteroatoms. The predicted molar refractivity (Wildman–Crippen MR) is 65.7 cm³/mol. The van der Waals surface area contributed by atoms with Crippen molar-refractivity contribution in [1.29, 1.82) is 0 Å². The van der Waals surface area contributed by atoms with Gasteiger partial charge < -0.3 is 19.1 Å². The fourth-order valence-corrected chi connectivity index (χ4v) is 1.73. The van der Waals surface area contributed by atoms with Gasteiger partial charge in [-0.15, -0.1) is 0 Å². The van der Waals surface area contributed by atoms with E-state index < -0.39 is 11.9 Å². The molecule has 0 fully saturated rings. The fourth-order valence-electron chi connectivity index (χ4n) is 1.73. The Balaban J connectivity index is 2.00. The SMILES string of the molecule is CCOC(=O)C(=O)N(C)Cc1ccc2c(c1)OCO2. The summed E-state index contributed by atoms with van der Waals surface area (Å²) in [4.78, 5) is 24.3. The van der Waals surface area contributed by atoms with Crippen molar-refractivity contribution in [3.8, 4) is 11.5 Å². The molecule has 0 atom stereocenters. The van der Waals surface area contributed by atoms with Crippen LogP contribution in [-0.4, -0.2) is 37.2 Å². The van der Waals surface area contributed by atoms with Crippen LogP contribution in [0.5, 0.6) is 11.5 Å². The molecule has 0 aliphatic carbocycles. The van der Waals surface area contributed by atoms with Crippen LogP contribution in [-0.2, 0) is 20.9 Å². The van der Waals surface area contributed by atoms with Crippen LogP contribution < -0.4 is 9.47 Å². The third-order valence-electron chi connectivity index (χ3n) is 2.65. The number of esters is 1. The zero-order valence-electron chi connectivity index (χ0n) is 10.8. The quantitative estimate of drug-likeness (QED) is 0.601. The Bertz CT molecular complexity index is 500. The molecule has 0 radical (unpaired) electrons. The molecule has 1 amide bonds. The van der Waals surface area contributed by atoms with Gasteiger partial charge in [0.05, 0.1) is 6.61 Å². The van der Waals surface area contributed by atoms with E-state index in [1.165, 1.54) is 4.90 Å². The Morgan fingerprint density at radius 3 is 2.79 bits per heavy atom. The number of amides is 1. The number of benzene rings is 1. The van der Waals surface area contributed by atoms with Crippen LogP contribution in [0.25, 0.3) is 0 Å². The van der Waals surface area contributed by atoms with Gasteiger partial charge in [-0.3, -0.25) is 4.79 Å². The maximum atomic E-state index is 11.7. The minimum absolute atomic E-state index is 0.183. The summed E-state index contributed by atoms with van der Waals surface area (Å²) in [5.41, 5.74) is 0.851. The average molecular weight is 265 g/mol. The highest BCUT2D eigenvalue weighted by molar-refractivity contribution is 6.32. The number of carbonyl (C=O) groups excluding carboxylic acids is 2. The number of likely N-dealkylation sites (N-methyl/N-ethyl adjacent to an activating group) is 1. The molecular formula is C13H15NO5. The highest BCUT2D eigenvalue weighted by Gasteiger charge is 2.21. The summed E-state index contributed by atoms with van der Waals surface area (Å²) in [7, 11) is 1.55. The Hall–Kier alpha value is -2.24. The molecule has 2 rings (SSSR count). The standard InChI is InChI=1S/C13H15NO5/c1-3-17-13(16)12(15)14(2)7-9-4-5-10-11(6-9)19-8-18-10/h4-6H,3,7-8H2,1-2H3. The van der Waals surface area contributed by atoms with Gasteiger partial charge in [-0.25, -0.2) is 4.79 Å². The van der Waals surface area contributed by atoms with E-state index in [2.05, 4.69) is 4.74 Å². The third kappa shape index (κ3) is 2.96. The van der Waals surface area contributed by atoms with Gasteiger partial charge in [0.15, 0.2) is 11.5 Å². The van der Waals surface area contributed by atoms with Crippen molar-refractivity contribution in [1.82, 2.24) is 4.90 Å². The zero-order chi connectivity index (χ0) is 13.8. The normalized spacial score (nSPS) is 12.1. The summed E-state index contributed by atoms with van der Waals surface area (Å²) in [6.07, 6.45) is 0. The summed E-state index contributed by atoms with van der Waals surface area (Å²) < 4.78 is 15.1. The molecular weight excluding hydrogens is 250 g/mol. The van der Waals surface area contributed by atoms with Crippen molar-refractivity contribution in [2.45, 2.75) is 13.5 Å². The number of carbonyl (C=O) groups is 2. The van der Waals surface area contributed by atoms with E-state index >= 15 is 0 Å². The fraction of sp³-hybridized carbons (Fsp3) is 0.385. The number of hydrogen-bond acceptors (Lipinski definition) is 5. The van der Waals surface area contributed by atoms with E-state index in [0.29, 0.717) is 18.0 Å². The lowest BCUT2D eigenvalue weighted by Gasteiger charge is -2.16. The van der Waals surface area contributed by atoms with Gasteiger partial charge in [0.1, 0.15) is 0 Å². The monoisotopic (exact) mass is 265 g/mol. The van der Waals surface area contributed by atoms with E-state index in [9.17, 15) is 9.59 Å². The largest absolute Gasteiger partial charge is 0.459 e. The van der Waals surface area contributed by atoms with Crippen LogP contribution in [0.2, 0.25) is 0 Å². The van der Waals surface area contributed by atoms with Crippen molar-refractivity contribution >= 4 is 11.9 Å². The lowest BCUT2D eigenvalue weighted by molar-refractivity contribution is -0.159. The smallest absolute Gasteiger partial charge is 0.397 e. The van der Waals surface area contributed by atoms with Crippen LogP contribution >= 0.6 is 0 Å². The Kier molecular flexibility index (Phi) is 3.89. The van der Waals surface area contributed by atoms with Crippen LogP contribution in [0.1, 0.15) is 12.5 Å². The minimum Gasteiger partial charge on any atom is -0.459 e. The summed E-state index contributed by atoms with van der Waals surface area (Å²) >= 11 is 0. The van der Waals surface area contributed by atoms with Crippen molar-refractivity contribution in [3.05, 3.63) is 23.8 Å². The molecule has 1 aliphatic heterocycles. The molecule has 0 N–H and O–H groups in total. The lowest BCUT2D eigenvalue weighted by Crippen LogP contribution is -2.34. The molecule has 1 aromatic rings. The average Bonchev–Trinajstić information content (AvgIpc) is 2.85. The molecule has 0 spiro atoms. The number of rotatable bonds is 3. The van der Waals surface area contributed by atoms with Crippen LogP contribution in [0.15, 0.2) is 18.2 Å². The van der Waals surface area contributed by atoms with E-state index in [-0.39, 0.29) is 13.4 Å². The number of fused-ring (bicyclic) bond motifs is 1. The van der Waals surface area contributed by atoms with Gasteiger partial charge >= 0.3 is 11.9 Å². The number of ether oxygens (including phenoxy) is 3. The second-order valence-electron chi connectivity index (χ2n) is 4.07. The second kappa shape index (κ2) is 5.60. The Morgan fingerprint density at radius 1 is 1.32 bits per heavy atom. The summed E-state index contributed by atoms with van der Waals surface area (Å²) in [6, 6.07) is 5.39. The van der Waals surface area contributed by atoms with Crippen LogP contribution in [0, 0.1) is 0 Å². The predicted octanol–water partition coefficient (Wildman–Crippen LogP) is 0.937. The van der Waals surface area contributed by atoms with Gasteiger partial charge in [-0.05, 0) is 24.6 Å².